The fourth-order valence-corrected chi connectivity index (χ4v) is 3.29. The van der Waals surface area contributed by atoms with Crippen LogP contribution in [0, 0.1) is 0 Å². The maximum Gasteiger partial charge on any atom is 0.0220 e. The van der Waals surface area contributed by atoms with Crippen molar-refractivity contribution in [3.8, 4) is 0 Å². The summed E-state index contributed by atoms with van der Waals surface area (Å²) < 4.78 is 0. The van der Waals surface area contributed by atoms with Crippen LogP contribution in [0.4, 0.5) is 0 Å². The summed E-state index contributed by atoms with van der Waals surface area (Å²) in [6, 6.07) is 11.3. The largest absolute Gasteiger partial charge is 0.330 e. The summed E-state index contributed by atoms with van der Waals surface area (Å²) in [6.45, 7) is 6.39. The van der Waals surface area contributed by atoms with E-state index >= 15 is 0 Å². The van der Waals surface area contributed by atoms with Crippen LogP contribution in [0.25, 0.3) is 0 Å². The van der Waals surface area contributed by atoms with Gasteiger partial charge in [-0.2, -0.15) is 0 Å². The van der Waals surface area contributed by atoms with Crippen LogP contribution in [0.2, 0.25) is 0 Å². The van der Waals surface area contributed by atoms with Gasteiger partial charge in [0.15, 0.2) is 0 Å². The Bertz CT molecular complexity index is 406. The second-order valence-corrected chi connectivity index (χ2v) is 6.60. The molecule has 1 aliphatic heterocycles. The molecule has 0 radical (unpaired) electrons. The van der Waals surface area contributed by atoms with Gasteiger partial charge in [-0.3, -0.25) is 0 Å². The molecule has 1 aromatic rings. The summed E-state index contributed by atoms with van der Waals surface area (Å²) >= 11 is 0. The van der Waals surface area contributed by atoms with Gasteiger partial charge in [-0.15, -0.1) is 0 Å². The molecule has 0 amide bonds. The van der Waals surface area contributed by atoms with Crippen molar-refractivity contribution in [2.75, 3.05) is 40.3 Å². The lowest BCUT2D eigenvalue weighted by atomic mass is 9.81. The van der Waals surface area contributed by atoms with Crippen LogP contribution in [0.3, 0.4) is 0 Å². The Morgan fingerprint density at radius 3 is 2.65 bits per heavy atom. The molecular formula is C17H29N3. The number of likely N-dealkylation sites (N-methyl/N-ethyl adjacent to an activating group) is 2. The Balaban J connectivity index is 2.05. The maximum absolute atomic E-state index is 6.11. The third-order valence-corrected chi connectivity index (χ3v) is 4.74. The molecular weight excluding hydrogens is 246 g/mol. The molecule has 1 saturated heterocycles. The minimum atomic E-state index is 0.0338. The molecule has 0 spiro atoms. The van der Waals surface area contributed by atoms with Crippen molar-refractivity contribution >= 4 is 0 Å². The Morgan fingerprint density at radius 1 is 1.35 bits per heavy atom. The topological polar surface area (TPSA) is 32.5 Å². The lowest BCUT2D eigenvalue weighted by Gasteiger charge is -2.40. The monoisotopic (exact) mass is 275 g/mol. The van der Waals surface area contributed by atoms with Gasteiger partial charge in [0.1, 0.15) is 0 Å². The first-order valence-corrected chi connectivity index (χ1v) is 7.69. The van der Waals surface area contributed by atoms with E-state index < -0.39 is 0 Å². The Morgan fingerprint density at radius 2 is 2.05 bits per heavy atom. The Kier molecular flexibility index (Phi) is 5.19. The van der Waals surface area contributed by atoms with E-state index in [1.54, 1.807) is 0 Å². The van der Waals surface area contributed by atoms with Crippen molar-refractivity contribution in [1.82, 2.24) is 9.80 Å². The molecule has 2 rings (SSSR count). The fraction of sp³-hybridized carbons (Fsp3) is 0.647. The van der Waals surface area contributed by atoms with Gasteiger partial charge in [0.25, 0.3) is 0 Å². The van der Waals surface area contributed by atoms with Gasteiger partial charge in [0.05, 0.1) is 0 Å². The number of rotatable bonds is 5. The average molecular weight is 275 g/mol. The van der Waals surface area contributed by atoms with E-state index in [2.05, 4.69) is 61.2 Å². The quantitative estimate of drug-likeness (QED) is 0.891. The van der Waals surface area contributed by atoms with E-state index in [-0.39, 0.29) is 5.41 Å². The molecule has 2 N–H and O–H groups in total. The number of nitrogens with zero attached hydrogens (tertiary/aromatic N) is 2. The molecule has 20 heavy (non-hydrogen) atoms. The Hall–Kier alpha value is -0.900. The average Bonchev–Trinajstić information content (AvgIpc) is 2.48. The lowest BCUT2D eigenvalue weighted by Crippen LogP contribution is -2.50. The number of benzene rings is 1. The van der Waals surface area contributed by atoms with E-state index in [0.717, 1.165) is 6.54 Å². The first-order valence-electron chi connectivity index (χ1n) is 7.69. The SMILES string of the molecule is CN1CCCC(N(C)CC(C)(CN)c2ccccc2)C1. The summed E-state index contributed by atoms with van der Waals surface area (Å²) in [4.78, 5) is 4.95. The summed E-state index contributed by atoms with van der Waals surface area (Å²) in [5, 5.41) is 0. The number of nitrogens with two attached hydrogens (primary N) is 1. The number of hydrogen-bond acceptors (Lipinski definition) is 3. The van der Waals surface area contributed by atoms with Crippen molar-refractivity contribution in [3.05, 3.63) is 35.9 Å². The van der Waals surface area contributed by atoms with E-state index in [1.807, 2.05) is 0 Å². The second kappa shape index (κ2) is 6.70. The predicted molar refractivity (Wildman–Crippen MR) is 86.0 cm³/mol. The van der Waals surface area contributed by atoms with Crippen LogP contribution in [0.15, 0.2) is 30.3 Å². The van der Waals surface area contributed by atoms with Crippen LogP contribution in [-0.2, 0) is 5.41 Å². The zero-order chi connectivity index (χ0) is 14.6. The highest BCUT2D eigenvalue weighted by atomic mass is 15.2. The van der Waals surface area contributed by atoms with Gasteiger partial charge >= 0.3 is 0 Å². The van der Waals surface area contributed by atoms with E-state index in [9.17, 15) is 0 Å². The summed E-state index contributed by atoms with van der Waals surface area (Å²) in [5.41, 5.74) is 7.49. The molecule has 112 valence electrons. The van der Waals surface area contributed by atoms with Gasteiger partial charge in [-0.1, -0.05) is 37.3 Å². The van der Waals surface area contributed by atoms with Crippen molar-refractivity contribution < 1.29 is 0 Å². The molecule has 2 unspecified atom stereocenters. The molecule has 0 aliphatic carbocycles. The van der Waals surface area contributed by atoms with E-state index in [1.165, 1.54) is 31.5 Å². The van der Waals surface area contributed by atoms with Crippen LogP contribution in [0.1, 0.15) is 25.3 Å². The van der Waals surface area contributed by atoms with Gasteiger partial charge in [-0.25, -0.2) is 0 Å². The standard InChI is InChI=1S/C17H29N3/c1-17(13-18,15-8-5-4-6-9-15)14-20(3)16-10-7-11-19(2)12-16/h4-6,8-9,16H,7,10-14,18H2,1-3H3. The van der Waals surface area contributed by atoms with Crippen molar-refractivity contribution in [1.29, 1.82) is 0 Å². The number of piperidine rings is 1. The van der Waals surface area contributed by atoms with E-state index in [0.29, 0.717) is 12.6 Å². The zero-order valence-corrected chi connectivity index (χ0v) is 13.2. The summed E-state index contributed by atoms with van der Waals surface area (Å²) in [5.74, 6) is 0. The lowest BCUT2D eigenvalue weighted by molar-refractivity contribution is 0.115. The highest BCUT2D eigenvalue weighted by molar-refractivity contribution is 5.25. The minimum absolute atomic E-state index is 0.0338. The molecule has 1 fully saturated rings. The van der Waals surface area contributed by atoms with Crippen LogP contribution in [0.5, 0.6) is 0 Å². The Labute approximate surface area is 123 Å². The van der Waals surface area contributed by atoms with Gasteiger partial charge in [0.2, 0.25) is 0 Å². The smallest absolute Gasteiger partial charge is 0.0220 e. The predicted octanol–water partition coefficient (Wildman–Crippen LogP) is 1.93. The van der Waals surface area contributed by atoms with Gasteiger partial charge in [-0.05, 0) is 39.0 Å². The molecule has 0 saturated carbocycles. The third kappa shape index (κ3) is 3.60. The maximum atomic E-state index is 6.11. The van der Waals surface area contributed by atoms with Crippen LogP contribution in [-0.4, -0.2) is 56.1 Å². The third-order valence-electron chi connectivity index (χ3n) is 4.74. The first kappa shape index (κ1) is 15.5. The van der Waals surface area contributed by atoms with Crippen molar-refractivity contribution in [3.63, 3.8) is 0 Å². The minimum Gasteiger partial charge on any atom is -0.330 e. The number of likely N-dealkylation sites (tertiary alicyclic amines) is 1. The highest BCUT2D eigenvalue weighted by Gasteiger charge is 2.30. The van der Waals surface area contributed by atoms with Crippen LogP contribution < -0.4 is 5.73 Å². The van der Waals surface area contributed by atoms with Crippen molar-refractivity contribution in [2.45, 2.75) is 31.2 Å². The molecule has 0 bridgehead atoms. The van der Waals surface area contributed by atoms with E-state index in [4.69, 9.17) is 5.73 Å². The molecule has 1 heterocycles. The van der Waals surface area contributed by atoms with Gasteiger partial charge in [0, 0.05) is 31.1 Å². The second-order valence-electron chi connectivity index (χ2n) is 6.60. The highest BCUT2D eigenvalue weighted by Crippen LogP contribution is 2.25. The van der Waals surface area contributed by atoms with Crippen molar-refractivity contribution in [2.24, 2.45) is 5.73 Å². The molecule has 3 nitrogen and oxygen atoms in total. The normalized spacial score (nSPS) is 23.8. The molecule has 0 aromatic heterocycles. The molecule has 3 heteroatoms. The molecule has 1 aromatic carbocycles. The molecule has 2 atom stereocenters. The fourth-order valence-electron chi connectivity index (χ4n) is 3.29. The zero-order valence-electron chi connectivity index (χ0n) is 13.2. The van der Waals surface area contributed by atoms with Gasteiger partial charge < -0.3 is 15.5 Å². The number of hydrogen-bond donors (Lipinski definition) is 1. The first-order chi connectivity index (χ1) is 9.55. The molecule has 1 aliphatic rings. The summed E-state index contributed by atoms with van der Waals surface area (Å²) in [6.07, 6.45) is 2.60. The van der Waals surface area contributed by atoms with Crippen LogP contribution >= 0.6 is 0 Å². The summed E-state index contributed by atoms with van der Waals surface area (Å²) in [7, 11) is 4.47.